The van der Waals surface area contributed by atoms with Crippen LogP contribution in [0, 0.1) is 9.39 Å². The van der Waals surface area contributed by atoms with Crippen LogP contribution in [0.3, 0.4) is 0 Å². The second-order valence-electron chi connectivity index (χ2n) is 7.97. The third kappa shape index (κ3) is 6.37. The van der Waals surface area contributed by atoms with Crippen molar-refractivity contribution in [3.8, 4) is 11.5 Å². The van der Waals surface area contributed by atoms with Crippen LogP contribution >= 0.6 is 45.8 Å². The summed E-state index contributed by atoms with van der Waals surface area (Å²) in [5, 5.41) is 5.79. The van der Waals surface area contributed by atoms with E-state index in [2.05, 4.69) is 33.2 Å². The molecule has 0 spiro atoms. The Kier molecular flexibility index (Phi) is 8.75. The molecule has 0 atom stereocenters. The van der Waals surface area contributed by atoms with Crippen LogP contribution in [0.5, 0.6) is 11.5 Å². The Morgan fingerprint density at radius 2 is 1.92 bits per heavy atom. The number of nitrogens with one attached hydrogen (secondary N) is 2. The molecule has 1 aliphatic heterocycles. The van der Waals surface area contributed by atoms with Crippen molar-refractivity contribution in [3.05, 3.63) is 90.9 Å². The summed E-state index contributed by atoms with van der Waals surface area (Å²) in [6, 6.07) is 13.3. The number of hydrogen-bond acceptors (Lipinski definition) is 5. The van der Waals surface area contributed by atoms with Crippen LogP contribution in [0.4, 0.5) is 14.9 Å². The minimum atomic E-state index is -0.772. The fourth-order valence-electron chi connectivity index (χ4n) is 3.53. The van der Waals surface area contributed by atoms with Crippen molar-refractivity contribution < 1.29 is 28.2 Å². The van der Waals surface area contributed by atoms with Crippen molar-refractivity contribution in [1.29, 1.82) is 0 Å². The van der Waals surface area contributed by atoms with E-state index in [0.29, 0.717) is 30.7 Å². The van der Waals surface area contributed by atoms with Crippen molar-refractivity contribution in [2.45, 2.75) is 6.61 Å². The standard InChI is InChI=1S/C26H19Cl2FIN3O5/c1-37-22-10-14(8-19(30)24(22)38-13-15-6-7-16(27)11-17(15)28)9-21-25(35)33(26(36)32-21)12-23(34)31-20-5-3-2-4-18(20)29/h2-11H,12-13H2,1H3,(H,31,34)(H,32,36)/b21-9+. The number of methoxy groups -OCH3 is 1. The van der Waals surface area contributed by atoms with Crippen molar-refractivity contribution in [3.63, 3.8) is 0 Å². The maximum absolute atomic E-state index is 13.8. The molecule has 0 aromatic heterocycles. The van der Waals surface area contributed by atoms with Crippen LogP contribution < -0.4 is 20.1 Å². The van der Waals surface area contributed by atoms with Crippen LogP contribution in [-0.4, -0.2) is 36.4 Å². The first kappa shape index (κ1) is 27.7. The highest BCUT2D eigenvalue weighted by atomic mass is 127. The zero-order valence-corrected chi connectivity index (χ0v) is 23.4. The second-order valence-corrected chi connectivity index (χ2v) is 9.97. The fraction of sp³-hybridized carbons (Fsp3) is 0.115. The topological polar surface area (TPSA) is 97.0 Å². The molecule has 3 aromatic carbocycles. The molecule has 4 amide bonds. The van der Waals surface area contributed by atoms with Gasteiger partial charge in [0.1, 0.15) is 24.7 Å². The van der Waals surface area contributed by atoms with Crippen molar-refractivity contribution in [2.75, 3.05) is 19.0 Å². The largest absolute Gasteiger partial charge is 0.493 e. The number of halogens is 4. The van der Waals surface area contributed by atoms with E-state index < -0.39 is 30.2 Å². The Hall–Kier alpha value is -3.35. The number of benzene rings is 3. The number of anilines is 1. The van der Waals surface area contributed by atoms with E-state index in [0.717, 1.165) is 10.5 Å². The first-order valence-corrected chi connectivity index (χ1v) is 12.8. The molecular weight excluding hydrogens is 651 g/mol. The Morgan fingerprint density at radius 3 is 2.63 bits per heavy atom. The summed E-state index contributed by atoms with van der Waals surface area (Å²) in [7, 11) is 1.48. The summed E-state index contributed by atoms with van der Waals surface area (Å²) >= 11 is 14.2. The number of imide groups is 1. The second kappa shape index (κ2) is 12.0. The van der Waals surface area contributed by atoms with E-state index in [9.17, 15) is 18.8 Å². The molecule has 0 aliphatic carbocycles. The number of ether oxygens (including phenoxy) is 2. The first-order valence-electron chi connectivity index (χ1n) is 11.0. The first-order chi connectivity index (χ1) is 18.2. The summed E-state index contributed by atoms with van der Waals surface area (Å²) < 4.78 is 25.9. The molecule has 196 valence electrons. The molecule has 38 heavy (non-hydrogen) atoms. The molecule has 2 N–H and O–H groups in total. The number of amides is 4. The lowest BCUT2D eigenvalue weighted by atomic mass is 10.1. The van der Waals surface area contributed by atoms with Gasteiger partial charge >= 0.3 is 6.03 Å². The van der Waals surface area contributed by atoms with Crippen LogP contribution in [0.25, 0.3) is 6.08 Å². The molecule has 1 heterocycles. The van der Waals surface area contributed by atoms with Crippen LogP contribution in [0.2, 0.25) is 10.0 Å². The summed E-state index contributed by atoms with van der Waals surface area (Å²) in [5.41, 5.74) is 1.19. The molecule has 8 nitrogen and oxygen atoms in total. The van der Waals surface area contributed by atoms with E-state index in [1.807, 2.05) is 0 Å². The Labute approximate surface area is 240 Å². The average molecular weight is 670 g/mol. The smallest absolute Gasteiger partial charge is 0.329 e. The molecular formula is C26H19Cl2FIN3O5. The highest BCUT2D eigenvalue weighted by Gasteiger charge is 2.35. The van der Waals surface area contributed by atoms with E-state index in [1.54, 1.807) is 36.4 Å². The normalized spacial score (nSPS) is 14.0. The number of para-hydroxylation sites is 1. The molecule has 1 fully saturated rings. The number of carbonyl (C=O) groups is 3. The molecule has 0 saturated carbocycles. The minimum absolute atomic E-state index is 0.0341. The molecule has 0 radical (unpaired) electrons. The molecule has 12 heteroatoms. The van der Waals surface area contributed by atoms with E-state index in [-0.39, 0.29) is 18.0 Å². The van der Waals surface area contributed by atoms with Gasteiger partial charge in [-0.15, -0.1) is 0 Å². The van der Waals surface area contributed by atoms with Gasteiger partial charge in [-0.1, -0.05) is 41.4 Å². The molecule has 0 bridgehead atoms. The summed E-state index contributed by atoms with van der Waals surface area (Å²) in [6.07, 6.45) is 1.46. The fourth-order valence-corrected chi connectivity index (χ4v) is 4.77. The van der Waals surface area contributed by atoms with Gasteiger partial charge in [-0.25, -0.2) is 14.1 Å². The van der Waals surface area contributed by atoms with Gasteiger partial charge in [0.25, 0.3) is 5.91 Å². The maximum Gasteiger partial charge on any atom is 0.329 e. The zero-order chi connectivity index (χ0) is 27.4. The number of carbonyl (C=O) groups excluding carboxylic acids is 3. The monoisotopic (exact) mass is 669 g/mol. The van der Waals surface area contributed by atoms with E-state index >= 15 is 0 Å². The van der Waals surface area contributed by atoms with Gasteiger partial charge < -0.3 is 20.1 Å². The van der Waals surface area contributed by atoms with Gasteiger partial charge in [-0.3, -0.25) is 9.59 Å². The third-order valence-corrected chi connectivity index (χ3v) is 6.75. The summed E-state index contributed by atoms with van der Waals surface area (Å²) in [5.74, 6) is -1.20. The molecule has 4 rings (SSSR count). The Morgan fingerprint density at radius 1 is 1.16 bits per heavy atom. The Bertz CT molecular complexity index is 1470. The third-order valence-electron chi connectivity index (χ3n) is 5.36. The number of rotatable bonds is 8. The lowest BCUT2D eigenvalue weighted by Crippen LogP contribution is -2.38. The summed E-state index contributed by atoms with van der Waals surface area (Å²) in [6.45, 7) is -0.418. The van der Waals surface area contributed by atoms with Gasteiger partial charge in [-0.05, 0) is 70.6 Å². The SMILES string of the molecule is COc1cc(/C=C2/NC(=O)N(CC(=O)Nc3ccccc3F)C2=O)cc(I)c1OCc1ccc(Cl)cc1Cl. The molecule has 0 unspecified atom stereocenters. The van der Waals surface area contributed by atoms with Crippen LogP contribution in [0.1, 0.15) is 11.1 Å². The number of hydrogen-bond donors (Lipinski definition) is 2. The van der Waals surface area contributed by atoms with Crippen LogP contribution in [0.15, 0.2) is 60.3 Å². The van der Waals surface area contributed by atoms with Gasteiger partial charge in [0, 0.05) is 15.6 Å². The highest BCUT2D eigenvalue weighted by molar-refractivity contribution is 14.1. The predicted molar refractivity (Wildman–Crippen MR) is 150 cm³/mol. The zero-order valence-electron chi connectivity index (χ0n) is 19.7. The quantitative estimate of drug-likeness (QED) is 0.178. The molecule has 1 aliphatic rings. The van der Waals surface area contributed by atoms with Gasteiger partial charge in [0.15, 0.2) is 11.5 Å². The number of urea groups is 1. The average Bonchev–Trinajstić information content (AvgIpc) is 3.12. The number of nitrogens with zero attached hydrogens (tertiary/aromatic N) is 1. The van der Waals surface area contributed by atoms with Crippen molar-refractivity contribution in [1.82, 2.24) is 10.2 Å². The maximum atomic E-state index is 13.8. The molecule has 1 saturated heterocycles. The van der Waals surface area contributed by atoms with Crippen molar-refractivity contribution in [2.24, 2.45) is 0 Å². The van der Waals surface area contributed by atoms with Crippen molar-refractivity contribution >= 4 is 75.4 Å². The Balaban J connectivity index is 1.48. The van der Waals surface area contributed by atoms with E-state index in [4.69, 9.17) is 32.7 Å². The van der Waals surface area contributed by atoms with Gasteiger partial charge in [0.05, 0.1) is 16.4 Å². The minimum Gasteiger partial charge on any atom is -0.493 e. The van der Waals surface area contributed by atoms with Gasteiger partial charge in [-0.2, -0.15) is 0 Å². The highest BCUT2D eigenvalue weighted by Crippen LogP contribution is 2.36. The van der Waals surface area contributed by atoms with E-state index in [1.165, 1.54) is 31.4 Å². The lowest BCUT2D eigenvalue weighted by molar-refractivity contribution is -0.127. The van der Waals surface area contributed by atoms with Gasteiger partial charge in [0.2, 0.25) is 5.91 Å². The lowest BCUT2D eigenvalue weighted by Gasteiger charge is -2.14. The van der Waals surface area contributed by atoms with Crippen LogP contribution in [-0.2, 0) is 16.2 Å². The molecule has 3 aromatic rings. The summed E-state index contributed by atoms with van der Waals surface area (Å²) in [4.78, 5) is 38.3. The predicted octanol–water partition coefficient (Wildman–Crippen LogP) is 5.86.